The lowest BCUT2D eigenvalue weighted by Crippen LogP contribution is -2.21. The minimum absolute atomic E-state index is 0.0996. The van der Waals surface area contributed by atoms with Gasteiger partial charge in [-0.05, 0) is 46.6 Å². The van der Waals surface area contributed by atoms with E-state index in [1.807, 2.05) is 48.5 Å². The fourth-order valence-electron chi connectivity index (χ4n) is 2.54. The van der Waals surface area contributed by atoms with E-state index >= 15 is 0 Å². The zero-order valence-electron chi connectivity index (χ0n) is 15.3. The van der Waals surface area contributed by atoms with Crippen LogP contribution in [0.25, 0.3) is 0 Å². The van der Waals surface area contributed by atoms with Crippen molar-refractivity contribution in [1.82, 2.24) is 0 Å². The number of nitrogens with one attached hydrogen (secondary N) is 2. The number of benzene rings is 2. The van der Waals surface area contributed by atoms with Crippen LogP contribution in [0.1, 0.15) is 39.0 Å². The fourth-order valence-corrected chi connectivity index (χ4v) is 2.97. The number of hydrogen-bond acceptors (Lipinski definition) is 3. The van der Waals surface area contributed by atoms with E-state index < -0.39 is 0 Å². The average molecular weight is 419 g/mol. The highest BCUT2D eigenvalue weighted by Gasteiger charge is 2.05. The highest BCUT2D eigenvalue weighted by Crippen LogP contribution is 2.21. The van der Waals surface area contributed by atoms with Crippen LogP contribution in [0.2, 0.25) is 0 Å². The molecule has 26 heavy (non-hydrogen) atoms. The van der Waals surface area contributed by atoms with Crippen molar-refractivity contribution < 1.29 is 9.53 Å². The maximum Gasteiger partial charge on any atom is 0.243 e. The first-order chi connectivity index (χ1) is 12.7. The van der Waals surface area contributed by atoms with Gasteiger partial charge in [-0.2, -0.15) is 0 Å². The van der Waals surface area contributed by atoms with Gasteiger partial charge in [0.15, 0.2) is 0 Å². The standard InChI is InChI=1S/C21H27BrN2O2/c1-2-3-4-5-8-14-26-18-11-9-10-17(15-18)24-21(25)16-23-20-13-7-6-12-19(20)22/h6-7,9-13,15,23H,2-5,8,14,16H2,1H3,(H,24,25). The van der Waals surface area contributed by atoms with Crippen LogP contribution in [-0.4, -0.2) is 19.1 Å². The molecule has 0 bridgehead atoms. The van der Waals surface area contributed by atoms with Crippen molar-refractivity contribution in [3.63, 3.8) is 0 Å². The van der Waals surface area contributed by atoms with E-state index in [0.717, 1.165) is 28.0 Å². The van der Waals surface area contributed by atoms with Crippen molar-refractivity contribution >= 4 is 33.2 Å². The molecule has 2 rings (SSSR count). The topological polar surface area (TPSA) is 50.4 Å². The number of hydrogen-bond donors (Lipinski definition) is 2. The molecule has 0 saturated heterocycles. The number of carbonyl (C=O) groups excluding carboxylic acids is 1. The van der Waals surface area contributed by atoms with Gasteiger partial charge in [0.1, 0.15) is 5.75 Å². The summed E-state index contributed by atoms with van der Waals surface area (Å²) in [7, 11) is 0. The van der Waals surface area contributed by atoms with Crippen LogP contribution in [0.3, 0.4) is 0 Å². The summed E-state index contributed by atoms with van der Waals surface area (Å²) in [5, 5.41) is 6.01. The zero-order valence-corrected chi connectivity index (χ0v) is 16.8. The summed E-state index contributed by atoms with van der Waals surface area (Å²) in [6.45, 7) is 3.13. The molecule has 4 nitrogen and oxygen atoms in total. The van der Waals surface area contributed by atoms with Gasteiger partial charge in [-0.25, -0.2) is 0 Å². The Kier molecular flexibility index (Phi) is 9.04. The first kappa shape index (κ1) is 20.3. The third kappa shape index (κ3) is 7.48. The predicted octanol–water partition coefficient (Wildman–Crippen LogP) is 5.85. The summed E-state index contributed by atoms with van der Waals surface area (Å²) < 4.78 is 6.71. The highest BCUT2D eigenvalue weighted by atomic mass is 79.9. The number of rotatable bonds is 11. The van der Waals surface area contributed by atoms with E-state index in [-0.39, 0.29) is 12.5 Å². The summed E-state index contributed by atoms with van der Waals surface area (Å²) in [4.78, 5) is 12.1. The molecule has 0 atom stereocenters. The Bertz CT molecular complexity index is 691. The summed E-state index contributed by atoms with van der Waals surface area (Å²) in [5.74, 6) is 0.689. The molecule has 140 valence electrons. The molecule has 0 spiro atoms. The first-order valence-corrected chi connectivity index (χ1v) is 9.99. The van der Waals surface area contributed by atoms with Crippen molar-refractivity contribution in [2.75, 3.05) is 23.8 Å². The fraction of sp³-hybridized carbons (Fsp3) is 0.381. The normalized spacial score (nSPS) is 10.4. The van der Waals surface area contributed by atoms with E-state index in [9.17, 15) is 4.79 Å². The van der Waals surface area contributed by atoms with Gasteiger partial charge >= 0.3 is 0 Å². The van der Waals surface area contributed by atoms with Gasteiger partial charge in [0, 0.05) is 21.9 Å². The Hall–Kier alpha value is -2.01. The number of para-hydroxylation sites is 1. The number of carbonyl (C=O) groups is 1. The second-order valence-corrected chi connectivity index (χ2v) is 7.03. The molecule has 5 heteroatoms. The third-order valence-corrected chi connectivity index (χ3v) is 4.64. The second kappa shape index (κ2) is 11.6. The number of halogens is 1. The molecule has 0 aliphatic carbocycles. The van der Waals surface area contributed by atoms with Gasteiger partial charge < -0.3 is 15.4 Å². The number of unbranched alkanes of at least 4 members (excludes halogenated alkanes) is 4. The molecule has 0 fully saturated rings. The molecule has 0 aliphatic heterocycles. The maximum atomic E-state index is 12.1. The van der Waals surface area contributed by atoms with E-state index in [4.69, 9.17) is 4.74 Å². The lowest BCUT2D eigenvalue weighted by atomic mass is 10.2. The zero-order chi connectivity index (χ0) is 18.6. The van der Waals surface area contributed by atoms with Crippen molar-refractivity contribution in [3.05, 3.63) is 53.0 Å². The van der Waals surface area contributed by atoms with Crippen LogP contribution in [0.15, 0.2) is 53.0 Å². The van der Waals surface area contributed by atoms with Crippen molar-refractivity contribution in [2.24, 2.45) is 0 Å². The molecular formula is C21H27BrN2O2. The minimum atomic E-state index is -0.0996. The number of anilines is 2. The van der Waals surface area contributed by atoms with Gasteiger partial charge in [0.2, 0.25) is 5.91 Å². The van der Waals surface area contributed by atoms with Gasteiger partial charge in [-0.15, -0.1) is 0 Å². The quantitative estimate of drug-likeness (QED) is 0.450. The van der Waals surface area contributed by atoms with E-state index in [1.165, 1.54) is 25.7 Å². The summed E-state index contributed by atoms with van der Waals surface area (Å²) in [5.41, 5.74) is 1.63. The molecule has 0 aliphatic rings. The monoisotopic (exact) mass is 418 g/mol. The number of amides is 1. The Morgan fingerprint density at radius 2 is 1.85 bits per heavy atom. The Morgan fingerprint density at radius 3 is 2.65 bits per heavy atom. The SMILES string of the molecule is CCCCCCCOc1cccc(NC(=O)CNc2ccccc2Br)c1. The molecule has 0 aromatic heterocycles. The average Bonchev–Trinajstić information content (AvgIpc) is 2.64. The maximum absolute atomic E-state index is 12.1. The van der Waals surface area contributed by atoms with Gasteiger partial charge in [-0.3, -0.25) is 4.79 Å². The third-order valence-electron chi connectivity index (χ3n) is 3.95. The molecule has 2 aromatic rings. The van der Waals surface area contributed by atoms with Crippen LogP contribution < -0.4 is 15.4 Å². The summed E-state index contributed by atoms with van der Waals surface area (Å²) >= 11 is 3.46. The summed E-state index contributed by atoms with van der Waals surface area (Å²) in [6.07, 6.45) is 6.06. The van der Waals surface area contributed by atoms with E-state index in [2.05, 4.69) is 33.5 Å². The van der Waals surface area contributed by atoms with E-state index in [1.54, 1.807) is 0 Å². The van der Waals surface area contributed by atoms with Crippen LogP contribution in [0.5, 0.6) is 5.75 Å². The minimum Gasteiger partial charge on any atom is -0.494 e. The molecule has 0 heterocycles. The van der Waals surface area contributed by atoms with Crippen LogP contribution in [0.4, 0.5) is 11.4 Å². The second-order valence-electron chi connectivity index (χ2n) is 6.17. The molecule has 0 radical (unpaired) electrons. The van der Waals surface area contributed by atoms with Crippen molar-refractivity contribution in [1.29, 1.82) is 0 Å². The van der Waals surface area contributed by atoms with Crippen LogP contribution in [0, 0.1) is 0 Å². The molecule has 1 amide bonds. The molecule has 0 saturated carbocycles. The Morgan fingerprint density at radius 1 is 1.04 bits per heavy atom. The lowest BCUT2D eigenvalue weighted by Gasteiger charge is -2.11. The highest BCUT2D eigenvalue weighted by molar-refractivity contribution is 9.10. The van der Waals surface area contributed by atoms with Gasteiger partial charge in [0.05, 0.1) is 13.2 Å². The summed E-state index contributed by atoms with van der Waals surface area (Å²) in [6, 6.07) is 15.3. The molecule has 2 N–H and O–H groups in total. The smallest absolute Gasteiger partial charge is 0.243 e. The van der Waals surface area contributed by atoms with Crippen molar-refractivity contribution in [3.8, 4) is 5.75 Å². The molecule has 2 aromatic carbocycles. The lowest BCUT2D eigenvalue weighted by molar-refractivity contribution is -0.114. The first-order valence-electron chi connectivity index (χ1n) is 9.20. The number of ether oxygens (including phenoxy) is 1. The predicted molar refractivity (Wildman–Crippen MR) is 112 cm³/mol. The van der Waals surface area contributed by atoms with Crippen molar-refractivity contribution in [2.45, 2.75) is 39.0 Å². The van der Waals surface area contributed by atoms with Crippen LogP contribution >= 0.6 is 15.9 Å². The Balaban J connectivity index is 1.75. The van der Waals surface area contributed by atoms with Gasteiger partial charge in [-0.1, -0.05) is 50.8 Å². The Labute approximate surface area is 164 Å². The molecule has 0 unspecified atom stereocenters. The van der Waals surface area contributed by atoms with Crippen LogP contribution in [-0.2, 0) is 4.79 Å². The van der Waals surface area contributed by atoms with E-state index in [0.29, 0.717) is 6.61 Å². The molecular weight excluding hydrogens is 392 g/mol. The largest absolute Gasteiger partial charge is 0.494 e. The van der Waals surface area contributed by atoms with Gasteiger partial charge in [0.25, 0.3) is 0 Å².